The van der Waals surface area contributed by atoms with Crippen molar-refractivity contribution in [2.45, 2.75) is 26.3 Å². The summed E-state index contributed by atoms with van der Waals surface area (Å²) in [6.45, 7) is 3.09. The van der Waals surface area contributed by atoms with Crippen molar-refractivity contribution >= 4 is 29.0 Å². The molecular formula is C11H13NO4S. The average molecular weight is 255 g/mol. The van der Waals surface area contributed by atoms with E-state index in [2.05, 4.69) is 5.32 Å². The molecule has 6 heteroatoms. The predicted octanol–water partition coefficient (Wildman–Crippen LogP) is 1.54. The molecule has 0 bridgehead atoms. The highest BCUT2D eigenvalue weighted by Gasteiger charge is 2.19. The molecule has 0 unspecified atom stereocenters. The summed E-state index contributed by atoms with van der Waals surface area (Å²) in [6.07, 6.45) is 0.310. The van der Waals surface area contributed by atoms with Gasteiger partial charge in [0, 0.05) is 5.38 Å². The maximum atomic E-state index is 11.7. The van der Waals surface area contributed by atoms with Gasteiger partial charge in [0.05, 0.1) is 10.4 Å². The Morgan fingerprint density at radius 1 is 1.47 bits per heavy atom. The zero-order valence-corrected chi connectivity index (χ0v) is 10.3. The lowest BCUT2D eigenvalue weighted by atomic mass is 10.2. The number of carboxylic acid groups (broad SMARTS) is 1. The van der Waals surface area contributed by atoms with Gasteiger partial charge in [-0.25, -0.2) is 4.79 Å². The van der Waals surface area contributed by atoms with Crippen LogP contribution in [0.4, 0.5) is 0 Å². The summed E-state index contributed by atoms with van der Waals surface area (Å²) in [5.41, 5.74) is 0.319. The summed E-state index contributed by atoms with van der Waals surface area (Å²) in [5.74, 6) is -1.65. The maximum absolute atomic E-state index is 11.7. The number of carbonyl (C=O) groups excluding carboxylic acids is 2. The molecule has 5 nitrogen and oxygen atoms in total. The number of thiophene rings is 1. The van der Waals surface area contributed by atoms with E-state index < -0.39 is 17.9 Å². The second-order valence-corrected chi connectivity index (χ2v) is 4.44. The van der Waals surface area contributed by atoms with Crippen LogP contribution in [-0.2, 0) is 4.79 Å². The monoisotopic (exact) mass is 255 g/mol. The molecule has 0 fully saturated rings. The fourth-order valence-electron chi connectivity index (χ4n) is 1.22. The number of ketones is 1. The van der Waals surface area contributed by atoms with E-state index in [0.29, 0.717) is 16.9 Å². The fraction of sp³-hybridized carbons (Fsp3) is 0.364. The van der Waals surface area contributed by atoms with Crippen LogP contribution >= 0.6 is 11.3 Å². The molecule has 0 aliphatic rings. The van der Waals surface area contributed by atoms with Gasteiger partial charge in [-0.2, -0.15) is 0 Å². The first-order valence-electron chi connectivity index (χ1n) is 5.08. The molecule has 0 aromatic carbocycles. The van der Waals surface area contributed by atoms with Gasteiger partial charge in [0.15, 0.2) is 5.78 Å². The Bertz CT molecular complexity index is 452. The van der Waals surface area contributed by atoms with Crippen LogP contribution in [0.2, 0.25) is 0 Å². The molecule has 1 aromatic rings. The first-order chi connectivity index (χ1) is 7.95. The van der Waals surface area contributed by atoms with Crippen LogP contribution in [0.15, 0.2) is 11.4 Å². The van der Waals surface area contributed by atoms with E-state index >= 15 is 0 Å². The van der Waals surface area contributed by atoms with E-state index in [4.69, 9.17) is 5.11 Å². The van der Waals surface area contributed by atoms with E-state index in [-0.39, 0.29) is 5.78 Å². The molecule has 0 saturated carbocycles. The van der Waals surface area contributed by atoms with Crippen LogP contribution in [0.1, 0.15) is 40.3 Å². The van der Waals surface area contributed by atoms with Crippen molar-refractivity contribution in [2.75, 3.05) is 0 Å². The SMILES string of the molecule is CC[C@@H](NC(=O)c1csc(C(C)=O)c1)C(=O)O. The Balaban J connectivity index is 2.75. The highest BCUT2D eigenvalue weighted by Crippen LogP contribution is 2.15. The van der Waals surface area contributed by atoms with Crippen LogP contribution in [0.5, 0.6) is 0 Å². The molecule has 1 heterocycles. The molecule has 17 heavy (non-hydrogen) atoms. The minimum Gasteiger partial charge on any atom is -0.480 e. The highest BCUT2D eigenvalue weighted by molar-refractivity contribution is 7.12. The quantitative estimate of drug-likeness (QED) is 0.782. The maximum Gasteiger partial charge on any atom is 0.326 e. The number of hydrogen-bond donors (Lipinski definition) is 2. The lowest BCUT2D eigenvalue weighted by molar-refractivity contribution is -0.139. The molecule has 1 atom stereocenters. The minimum absolute atomic E-state index is 0.112. The molecule has 1 rings (SSSR count). The summed E-state index contributed by atoms with van der Waals surface area (Å²) in [5, 5.41) is 12.7. The zero-order chi connectivity index (χ0) is 13.0. The van der Waals surface area contributed by atoms with Crippen molar-refractivity contribution in [1.29, 1.82) is 0 Å². The summed E-state index contributed by atoms with van der Waals surface area (Å²) in [4.78, 5) is 34.0. The summed E-state index contributed by atoms with van der Waals surface area (Å²) in [7, 11) is 0. The summed E-state index contributed by atoms with van der Waals surface area (Å²) in [6, 6.07) is 0.569. The normalized spacial score (nSPS) is 11.9. The average Bonchev–Trinajstić information content (AvgIpc) is 2.74. The molecule has 0 aliphatic heterocycles. The molecule has 92 valence electrons. The standard InChI is InChI=1S/C11H13NO4S/c1-3-8(11(15)16)12-10(14)7-4-9(6(2)13)17-5-7/h4-5,8H,3H2,1-2H3,(H,12,14)(H,15,16)/t8-/m1/s1. The summed E-state index contributed by atoms with van der Waals surface area (Å²) < 4.78 is 0. The first-order valence-corrected chi connectivity index (χ1v) is 5.96. The van der Waals surface area contributed by atoms with Crippen LogP contribution in [0, 0.1) is 0 Å². The Labute approximate surface area is 102 Å². The molecule has 1 aromatic heterocycles. The van der Waals surface area contributed by atoms with Crippen LogP contribution in [0.3, 0.4) is 0 Å². The second-order valence-electron chi connectivity index (χ2n) is 3.53. The van der Waals surface area contributed by atoms with E-state index in [1.807, 2.05) is 0 Å². The predicted molar refractivity (Wildman–Crippen MR) is 63.5 cm³/mol. The van der Waals surface area contributed by atoms with Crippen LogP contribution in [0.25, 0.3) is 0 Å². The van der Waals surface area contributed by atoms with Gasteiger partial charge in [-0.3, -0.25) is 9.59 Å². The van der Waals surface area contributed by atoms with Gasteiger partial charge in [-0.15, -0.1) is 11.3 Å². The third-order valence-electron chi connectivity index (χ3n) is 2.22. The largest absolute Gasteiger partial charge is 0.480 e. The molecule has 1 amide bonds. The number of Topliss-reactive ketones (excluding diaryl/α,β-unsaturated/α-hetero) is 1. The fourth-order valence-corrected chi connectivity index (χ4v) is 2.01. The topological polar surface area (TPSA) is 83.5 Å². The van der Waals surface area contributed by atoms with Crippen molar-refractivity contribution in [3.05, 3.63) is 21.9 Å². The number of hydrogen-bond acceptors (Lipinski definition) is 4. The van der Waals surface area contributed by atoms with E-state index in [1.54, 1.807) is 12.3 Å². The Kier molecular flexibility index (Phi) is 4.39. The molecule has 2 N–H and O–H groups in total. The Morgan fingerprint density at radius 3 is 2.53 bits per heavy atom. The zero-order valence-electron chi connectivity index (χ0n) is 9.52. The third-order valence-corrected chi connectivity index (χ3v) is 3.25. The number of carbonyl (C=O) groups is 3. The van der Waals surface area contributed by atoms with Gasteiger partial charge >= 0.3 is 5.97 Å². The van der Waals surface area contributed by atoms with Crippen molar-refractivity contribution in [2.24, 2.45) is 0 Å². The smallest absolute Gasteiger partial charge is 0.326 e. The van der Waals surface area contributed by atoms with Gasteiger partial charge in [-0.05, 0) is 19.4 Å². The van der Waals surface area contributed by atoms with Crippen LogP contribution in [-0.4, -0.2) is 28.8 Å². The van der Waals surface area contributed by atoms with Gasteiger partial charge in [0.1, 0.15) is 6.04 Å². The number of aliphatic carboxylic acids is 1. The summed E-state index contributed by atoms with van der Waals surface area (Å²) >= 11 is 1.17. The van der Waals surface area contributed by atoms with Crippen molar-refractivity contribution in [1.82, 2.24) is 5.32 Å². The lowest BCUT2D eigenvalue weighted by Crippen LogP contribution is -2.40. The third kappa shape index (κ3) is 3.39. The molecule has 0 spiro atoms. The Hall–Kier alpha value is -1.69. The molecule has 0 radical (unpaired) electrons. The van der Waals surface area contributed by atoms with E-state index in [9.17, 15) is 14.4 Å². The highest BCUT2D eigenvalue weighted by atomic mass is 32.1. The van der Waals surface area contributed by atoms with Crippen molar-refractivity contribution < 1.29 is 19.5 Å². The van der Waals surface area contributed by atoms with Gasteiger partial charge < -0.3 is 10.4 Å². The molecule has 0 aliphatic carbocycles. The molecule has 0 saturated heterocycles. The molecular weight excluding hydrogens is 242 g/mol. The number of nitrogens with one attached hydrogen (secondary N) is 1. The van der Waals surface area contributed by atoms with E-state index in [0.717, 1.165) is 0 Å². The Morgan fingerprint density at radius 2 is 2.12 bits per heavy atom. The van der Waals surface area contributed by atoms with Crippen molar-refractivity contribution in [3.8, 4) is 0 Å². The number of carboxylic acids is 1. The number of rotatable bonds is 5. The lowest BCUT2D eigenvalue weighted by Gasteiger charge is -2.10. The van der Waals surface area contributed by atoms with Crippen LogP contribution < -0.4 is 5.32 Å². The number of amides is 1. The van der Waals surface area contributed by atoms with Gasteiger partial charge in [0.2, 0.25) is 0 Å². The van der Waals surface area contributed by atoms with Gasteiger partial charge in [-0.1, -0.05) is 6.92 Å². The van der Waals surface area contributed by atoms with Gasteiger partial charge in [0.25, 0.3) is 5.91 Å². The first kappa shape index (κ1) is 13.4. The second kappa shape index (κ2) is 5.58. The van der Waals surface area contributed by atoms with E-state index in [1.165, 1.54) is 24.3 Å². The van der Waals surface area contributed by atoms with Crippen molar-refractivity contribution in [3.63, 3.8) is 0 Å². The minimum atomic E-state index is -1.07.